The van der Waals surface area contributed by atoms with Crippen LogP contribution in [-0.4, -0.2) is 30.2 Å². The number of hydrogen-bond donors (Lipinski definition) is 0. The fourth-order valence-corrected chi connectivity index (χ4v) is 3.62. The zero-order chi connectivity index (χ0) is 14.8. The van der Waals surface area contributed by atoms with Gasteiger partial charge in [-0.25, -0.2) is 0 Å². The Labute approximate surface area is 118 Å². The summed E-state index contributed by atoms with van der Waals surface area (Å²) >= 11 is 0. The van der Waals surface area contributed by atoms with E-state index in [1.54, 1.807) is 0 Å². The molecular formula is C15H23F3N2. The molecule has 20 heavy (non-hydrogen) atoms. The Hall–Kier alpha value is -0.760. The third-order valence-electron chi connectivity index (χ3n) is 5.18. The van der Waals surface area contributed by atoms with E-state index in [9.17, 15) is 13.2 Å². The Balaban J connectivity index is 1.80. The second-order valence-electron chi connectivity index (χ2n) is 6.73. The molecule has 0 aromatic heterocycles. The van der Waals surface area contributed by atoms with Crippen molar-refractivity contribution in [1.82, 2.24) is 4.90 Å². The first-order chi connectivity index (χ1) is 9.34. The van der Waals surface area contributed by atoms with Gasteiger partial charge in [0.05, 0.1) is 12.0 Å². The zero-order valence-corrected chi connectivity index (χ0v) is 12.0. The normalized spacial score (nSPS) is 33.9. The molecule has 1 saturated carbocycles. The molecule has 2 fully saturated rings. The van der Waals surface area contributed by atoms with Gasteiger partial charge < -0.3 is 4.90 Å². The molecule has 0 radical (unpaired) electrons. The molecule has 0 atom stereocenters. The highest BCUT2D eigenvalue weighted by molar-refractivity contribution is 4.92. The molecule has 2 aliphatic rings. The molecule has 0 amide bonds. The predicted molar refractivity (Wildman–Crippen MR) is 70.9 cm³/mol. The summed E-state index contributed by atoms with van der Waals surface area (Å²) in [6.07, 6.45) is 1.14. The van der Waals surface area contributed by atoms with Crippen molar-refractivity contribution in [2.24, 2.45) is 11.3 Å². The lowest BCUT2D eigenvalue weighted by Crippen LogP contribution is -2.46. The van der Waals surface area contributed by atoms with Gasteiger partial charge >= 0.3 is 6.18 Å². The van der Waals surface area contributed by atoms with E-state index >= 15 is 0 Å². The maximum absolute atomic E-state index is 12.6. The average Bonchev–Trinajstić information content (AvgIpc) is 2.39. The van der Waals surface area contributed by atoms with Gasteiger partial charge in [-0.2, -0.15) is 18.4 Å². The molecule has 0 N–H and O–H groups in total. The number of alkyl halides is 3. The first kappa shape index (κ1) is 15.6. The van der Waals surface area contributed by atoms with Crippen LogP contribution in [0.5, 0.6) is 0 Å². The quantitative estimate of drug-likeness (QED) is 0.764. The monoisotopic (exact) mass is 288 g/mol. The summed E-state index contributed by atoms with van der Waals surface area (Å²) in [6, 6.07) is 2.68. The van der Waals surface area contributed by atoms with Crippen LogP contribution in [0.3, 0.4) is 0 Å². The molecule has 1 aliphatic heterocycles. The van der Waals surface area contributed by atoms with Crippen molar-refractivity contribution >= 4 is 0 Å². The molecule has 0 bridgehead atoms. The van der Waals surface area contributed by atoms with E-state index in [-0.39, 0.29) is 18.3 Å². The zero-order valence-electron chi connectivity index (χ0n) is 12.0. The summed E-state index contributed by atoms with van der Waals surface area (Å²) in [4.78, 5) is 2.24. The maximum Gasteiger partial charge on any atom is 0.391 e. The van der Waals surface area contributed by atoms with Crippen molar-refractivity contribution in [1.29, 1.82) is 5.26 Å². The fourth-order valence-electron chi connectivity index (χ4n) is 3.62. The van der Waals surface area contributed by atoms with E-state index in [4.69, 9.17) is 5.26 Å². The Kier molecular flexibility index (Phi) is 4.63. The summed E-state index contributed by atoms with van der Waals surface area (Å²) in [5, 5.41) is 8.84. The minimum atomic E-state index is -4.02. The van der Waals surface area contributed by atoms with Crippen molar-refractivity contribution in [2.45, 2.75) is 64.1 Å². The van der Waals surface area contributed by atoms with Gasteiger partial charge in [0.25, 0.3) is 0 Å². The lowest BCUT2D eigenvalue weighted by atomic mass is 9.71. The molecule has 1 saturated heterocycles. The number of likely N-dealkylation sites (tertiary alicyclic amines) is 1. The molecule has 1 heterocycles. The highest BCUT2D eigenvalue weighted by atomic mass is 19.4. The van der Waals surface area contributed by atoms with Crippen LogP contribution in [0.1, 0.15) is 51.9 Å². The van der Waals surface area contributed by atoms with E-state index in [1.165, 1.54) is 0 Å². The lowest BCUT2D eigenvalue weighted by molar-refractivity contribution is -0.186. The van der Waals surface area contributed by atoms with Crippen LogP contribution >= 0.6 is 0 Å². The van der Waals surface area contributed by atoms with Crippen molar-refractivity contribution in [3.05, 3.63) is 0 Å². The highest BCUT2D eigenvalue weighted by Crippen LogP contribution is 2.41. The van der Waals surface area contributed by atoms with Gasteiger partial charge in [0, 0.05) is 12.5 Å². The van der Waals surface area contributed by atoms with Crippen LogP contribution in [0.4, 0.5) is 13.2 Å². The largest absolute Gasteiger partial charge is 0.391 e. The maximum atomic E-state index is 12.6. The summed E-state index contributed by atoms with van der Waals surface area (Å²) < 4.78 is 37.9. The van der Waals surface area contributed by atoms with Crippen LogP contribution in [-0.2, 0) is 0 Å². The molecule has 5 heteroatoms. The van der Waals surface area contributed by atoms with Crippen LogP contribution in [0.25, 0.3) is 0 Å². The van der Waals surface area contributed by atoms with Gasteiger partial charge in [-0.1, -0.05) is 6.92 Å². The van der Waals surface area contributed by atoms with Gasteiger partial charge in [0.1, 0.15) is 0 Å². The Morgan fingerprint density at radius 2 is 1.70 bits per heavy atom. The van der Waals surface area contributed by atoms with Gasteiger partial charge in [0.15, 0.2) is 0 Å². The fraction of sp³-hybridized carbons (Fsp3) is 0.933. The smallest absolute Gasteiger partial charge is 0.300 e. The molecular weight excluding hydrogens is 265 g/mol. The van der Waals surface area contributed by atoms with E-state index in [0.717, 1.165) is 25.7 Å². The van der Waals surface area contributed by atoms with Crippen LogP contribution in [0.15, 0.2) is 0 Å². The Bertz CT molecular complexity index is 356. The van der Waals surface area contributed by atoms with Crippen molar-refractivity contribution in [3.63, 3.8) is 0 Å². The number of nitrogens with zero attached hydrogens (tertiary/aromatic N) is 2. The van der Waals surface area contributed by atoms with Crippen molar-refractivity contribution < 1.29 is 13.2 Å². The van der Waals surface area contributed by atoms with Crippen LogP contribution in [0, 0.1) is 22.7 Å². The van der Waals surface area contributed by atoms with Crippen molar-refractivity contribution in [3.8, 4) is 6.07 Å². The molecule has 0 aromatic carbocycles. The molecule has 1 aliphatic carbocycles. The second-order valence-corrected chi connectivity index (χ2v) is 6.73. The first-order valence-electron chi connectivity index (χ1n) is 7.52. The third-order valence-corrected chi connectivity index (χ3v) is 5.18. The molecule has 2 nitrogen and oxygen atoms in total. The van der Waals surface area contributed by atoms with E-state index in [2.05, 4.69) is 17.9 Å². The third kappa shape index (κ3) is 3.66. The van der Waals surface area contributed by atoms with Gasteiger partial charge in [-0.3, -0.25) is 0 Å². The molecule has 0 spiro atoms. The molecule has 114 valence electrons. The summed E-state index contributed by atoms with van der Waals surface area (Å²) in [7, 11) is 0. The minimum Gasteiger partial charge on any atom is -0.300 e. The SMILES string of the molecule is CC1(CC#N)CCC(N2CCC(C(F)(F)F)CC2)CC1. The van der Waals surface area contributed by atoms with E-state index in [1.807, 2.05) is 0 Å². The van der Waals surface area contributed by atoms with Gasteiger partial charge in [0.2, 0.25) is 0 Å². The summed E-state index contributed by atoms with van der Waals surface area (Å²) in [5.74, 6) is -1.11. The predicted octanol–water partition coefficient (Wildman–Crippen LogP) is 4.12. The number of nitriles is 1. The number of hydrogen-bond acceptors (Lipinski definition) is 2. The summed E-state index contributed by atoms with van der Waals surface area (Å²) in [6.45, 7) is 3.30. The summed E-state index contributed by atoms with van der Waals surface area (Å²) in [5.41, 5.74) is 0.121. The van der Waals surface area contributed by atoms with E-state index in [0.29, 0.717) is 25.6 Å². The van der Waals surface area contributed by atoms with E-state index < -0.39 is 12.1 Å². The lowest BCUT2D eigenvalue weighted by Gasteiger charge is -2.43. The van der Waals surface area contributed by atoms with Crippen LogP contribution < -0.4 is 0 Å². The average molecular weight is 288 g/mol. The molecule has 2 rings (SSSR count). The minimum absolute atomic E-state index is 0.121. The van der Waals surface area contributed by atoms with Gasteiger partial charge in [-0.15, -0.1) is 0 Å². The second kappa shape index (κ2) is 5.93. The van der Waals surface area contributed by atoms with Crippen LogP contribution in [0.2, 0.25) is 0 Å². The molecule has 0 aromatic rings. The Morgan fingerprint density at radius 1 is 1.15 bits per heavy atom. The van der Waals surface area contributed by atoms with Gasteiger partial charge in [-0.05, 0) is 57.0 Å². The number of rotatable bonds is 2. The first-order valence-corrected chi connectivity index (χ1v) is 7.52. The number of halogens is 3. The highest BCUT2D eigenvalue weighted by Gasteiger charge is 2.42. The number of piperidine rings is 1. The van der Waals surface area contributed by atoms with Crippen molar-refractivity contribution in [2.75, 3.05) is 13.1 Å². The molecule has 0 unspecified atom stereocenters. The Morgan fingerprint density at radius 3 is 2.15 bits per heavy atom. The topological polar surface area (TPSA) is 27.0 Å². The standard InChI is InChI=1S/C15H23F3N2/c1-14(8-9-19)6-2-13(3-7-14)20-10-4-12(5-11-20)15(16,17)18/h12-13H,2-8,10-11H2,1H3.